The van der Waals surface area contributed by atoms with E-state index in [1.165, 1.54) is 38.0 Å². The predicted molar refractivity (Wildman–Crippen MR) is 95.6 cm³/mol. The lowest BCUT2D eigenvalue weighted by Crippen LogP contribution is -2.22. The molecule has 0 unspecified atom stereocenters. The number of nitrogens with zero attached hydrogens (tertiary/aromatic N) is 3. The van der Waals surface area contributed by atoms with Crippen LogP contribution >= 0.6 is 11.8 Å². The smallest absolute Gasteiger partial charge is 0.257 e. The van der Waals surface area contributed by atoms with Crippen LogP contribution in [0.1, 0.15) is 11.1 Å². The van der Waals surface area contributed by atoms with Crippen molar-refractivity contribution in [3.8, 4) is 6.07 Å². The summed E-state index contributed by atoms with van der Waals surface area (Å²) >= 11 is 1.39. The fourth-order valence-corrected chi connectivity index (χ4v) is 3.90. The van der Waals surface area contributed by atoms with E-state index in [0.717, 1.165) is 9.87 Å². The highest BCUT2D eigenvalue weighted by Crippen LogP contribution is 2.28. The van der Waals surface area contributed by atoms with Crippen LogP contribution in [-0.4, -0.2) is 31.8 Å². The van der Waals surface area contributed by atoms with Gasteiger partial charge in [0.1, 0.15) is 5.52 Å². The van der Waals surface area contributed by atoms with Crippen LogP contribution in [-0.2, 0) is 15.8 Å². The van der Waals surface area contributed by atoms with Gasteiger partial charge < -0.3 is 4.42 Å². The van der Waals surface area contributed by atoms with E-state index in [1.807, 2.05) is 18.2 Å². The molecule has 25 heavy (non-hydrogen) atoms. The van der Waals surface area contributed by atoms with Crippen LogP contribution in [0.15, 0.2) is 57.0 Å². The Morgan fingerprint density at radius 1 is 1.24 bits per heavy atom. The molecule has 0 N–H and O–H groups in total. The number of thioether (sulfide) groups is 1. The van der Waals surface area contributed by atoms with Gasteiger partial charge in [0.05, 0.1) is 16.5 Å². The average Bonchev–Trinajstić information content (AvgIpc) is 3.02. The standard InChI is InChI=1S/C17H15N3O3S2/c1-20(2)25(21,22)14-6-7-16-15(9-14)19-17(23-16)24-11-13-5-3-4-12(8-13)10-18/h3-9H,11H2,1-2H3. The fraction of sp³-hybridized carbons (Fsp3) is 0.176. The molecule has 128 valence electrons. The van der Waals surface area contributed by atoms with Gasteiger partial charge >= 0.3 is 0 Å². The van der Waals surface area contributed by atoms with E-state index in [0.29, 0.717) is 27.6 Å². The minimum absolute atomic E-state index is 0.177. The molecule has 8 heteroatoms. The number of hydrogen-bond donors (Lipinski definition) is 0. The molecule has 3 aromatic rings. The first-order valence-electron chi connectivity index (χ1n) is 7.35. The number of oxazole rings is 1. The molecule has 0 aliphatic heterocycles. The molecule has 2 aromatic carbocycles. The minimum atomic E-state index is -3.51. The molecule has 0 spiro atoms. The van der Waals surface area contributed by atoms with E-state index < -0.39 is 10.0 Å². The summed E-state index contributed by atoms with van der Waals surface area (Å²) < 4.78 is 31.2. The minimum Gasteiger partial charge on any atom is -0.431 e. The highest BCUT2D eigenvalue weighted by molar-refractivity contribution is 7.98. The zero-order valence-electron chi connectivity index (χ0n) is 13.6. The molecule has 0 saturated carbocycles. The van der Waals surface area contributed by atoms with Crippen molar-refractivity contribution in [1.29, 1.82) is 5.26 Å². The predicted octanol–water partition coefficient (Wildman–Crippen LogP) is 3.24. The second-order valence-corrected chi connectivity index (χ2v) is 8.58. The molecule has 0 fully saturated rings. The monoisotopic (exact) mass is 373 g/mol. The van der Waals surface area contributed by atoms with Gasteiger partial charge in [-0.3, -0.25) is 0 Å². The second kappa shape index (κ2) is 6.88. The molecule has 1 aromatic heterocycles. The molecule has 0 atom stereocenters. The summed E-state index contributed by atoms with van der Waals surface area (Å²) in [5, 5.41) is 9.39. The molecule has 6 nitrogen and oxygen atoms in total. The molecular formula is C17H15N3O3S2. The Morgan fingerprint density at radius 2 is 2.04 bits per heavy atom. The molecule has 0 radical (unpaired) electrons. The van der Waals surface area contributed by atoms with Gasteiger partial charge in [0.2, 0.25) is 10.0 Å². The average molecular weight is 373 g/mol. The Morgan fingerprint density at radius 3 is 2.76 bits per heavy atom. The van der Waals surface area contributed by atoms with Crippen LogP contribution in [0, 0.1) is 11.3 Å². The Bertz CT molecular complexity index is 1070. The van der Waals surface area contributed by atoms with Gasteiger partial charge in [0.15, 0.2) is 5.58 Å². The van der Waals surface area contributed by atoms with Gasteiger partial charge in [0, 0.05) is 19.8 Å². The van der Waals surface area contributed by atoms with Crippen molar-refractivity contribution in [3.05, 3.63) is 53.6 Å². The first-order chi connectivity index (χ1) is 11.9. The number of aromatic nitrogens is 1. The molecule has 0 saturated heterocycles. The van der Waals surface area contributed by atoms with Gasteiger partial charge in [-0.15, -0.1) is 0 Å². The van der Waals surface area contributed by atoms with Crippen molar-refractivity contribution in [1.82, 2.24) is 9.29 Å². The van der Waals surface area contributed by atoms with Crippen molar-refractivity contribution in [2.45, 2.75) is 15.9 Å². The number of fused-ring (bicyclic) bond motifs is 1. The lowest BCUT2D eigenvalue weighted by Gasteiger charge is -2.10. The summed E-state index contributed by atoms with van der Waals surface area (Å²) in [6.07, 6.45) is 0. The first-order valence-corrected chi connectivity index (χ1v) is 9.77. The van der Waals surface area contributed by atoms with Gasteiger partial charge in [-0.2, -0.15) is 5.26 Å². The summed E-state index contributed by atoms with van der Waals surface area (Å²) in [6.45, 7) is 0. The third-order valence-electron chi connectivity index (χ3n) is 3.54. The summed E-state index contributed by atoms with van der Waals surface area (Å²) in [5.41, 5.74) is 2.62. The summed E-state index contributed by atoms with van der Waals surface area (Å²) in [7, 11) is -0.538. The topological polar surface area (TPSA) is 87.2 Å². The van der Waals surface area contributed by atoms with E-state index in [1.54, 1.807) is 12.1 Å². The molecule has 3 rings (SSSR count). The third kappa shape index (κ3) is 3.69. The van der Waals surface area contributed by atoms with Crippen LogP contribution in [0.25, 0.3) is 11.1 Å². The van der Waals surface area contributed by atoms with Crippen LogP contribution < -0.4 is 0 Å². The summed E-state index contributed by atoms with van der Waals surface area (Å²) in [4.78, 5) is 4.53. The molecule has 1 heterocycles. The van der Waals surface area contributed by atoms with Crippen molar-refractivity contribution in [2.24, 2.45) is 0 Å². The maximum absolute atomic E-state index is 12.2. The number of sulfonamides is 1. The number of benzene rings is 2. The lowest BCUT2D eigenvalue weighted by molar-refractivity contribution is 0.489. The lowest BCUT2D eigenvalue weighted by atomic mass is 10.2. The SMILES string of the molecule is CN(C)S(=O)(=O)c1ccc2oc(SCc3cccc(C#N)c3)nc2c1. The number of rotatable bonds is 5. The van der Waals surface area contributed by atoms with Gasteiger partial charge in [0.25, 0.3) is 5.22 Å². The molecule has 0 bridgehead atoms. The van der Waals surface area contributed by atoms with Gasteiger partial charge in [-0.25, -0.2) is 17.7 Å². The molecule has 0 aliphatic rings. The first kappa shape index (κ1) is 17.5. The van der Waals surface area contributed by atoms with Crippen molar-refractivity contribution in [2.75, 3.05) is 14.1 Å². The fourth-order valence-electron chi connectivity index (χ4n) is 2.19. The van der Waals surface area contributed by atoms with E-state index in [-0.39, 0.29) is 4.90 Å². The van der Waals surface area contributed by atoms with Crippen LogP contribution in [0.5, 0.6) is 0 Å². The van der Waals surface area contributed by atoms with E-state index in [9.17, 15) is 8.42 Å². The van der Waals surface area contributed by atoms with Crippen molar-refractivity contribution >= 4 is 32.9 Å². The van der Waals surface area contributed by atoms with E-state index in [2.05, 4.69) is 11.1 Å². The van der Waals surface area contributed by atoms with Crippen molar-refractivity contribution in [3.63, 3.8) is 0 Å². The molecule has 0 amide bonds. The van der Waals surface area contributed by atoms with Crippen LogP contribution in [0.2, 0.25) is 0 Å². The second-order valence-electron chi connectivity index (χ2n) is 5.50. The van der Waals surface area contributed by atoms with E-state index >= 15 is 0 Å². The Labute approximate surface area is 150 Å². The number of nitriles is 1. The zero-order valence-corrected chi connectivity index (χ0v) is 15.3. The van der Waals surface area contributed by atoms with Gasteiger partial charge in [-0.1, -0.05) is 23.9 Å². The summed E-state index contributed by atoms with van der Waals surface area (Å²) in [5.74, 6) is 0.602. The largest absolute Gasteiger partial charge is 0.431 e. The third-order valence-corrected chi connectivity index (χ3v) is 6.25. The Balaban J connectivity index is 1.83. The van der Waals surface area contributed by atoms with Gasteiger partial charge in [-0.05, 0) is 35.9 Å². The Hall–Kier alpha value is -2.34. The quantitative estimate of drug-likeness (QED) is 0.638. The van der Waals surface area contributed by atoms with Crippen LogP contribution in [0.3, 0.4) is 0 Å². The highest BCUT2D eigenvalue weighted by Gasteiger charge is 2.19. The highest BCUT2D eigenvalue weighted by atomic mass is 32.2. The van der Waals surface area contributed by atoms with E-state index in [4.69, 9.17) is 9.68 Å². The normalized spacial score (nSPS) is 11.8. The number of hydrogen-bond acceptors (Lipinski definition) is 6. The van der Waals surface area contributed by atoms with Crippen molar-refractivity contribution < 1.29 is 12.8 Å². The summed E-state index contributed by atoms with van der Waals surface area (Å²) in [6, 6.07) is 14.1. The zero-order chi connectivity index (χ0) is 18.0. The van der Waals surface area contributed by atoms with Crippen LogP contribution in [0.4, 0.5) is 0 Å². The molecular weight excluding hydrogens is 358 g/mol. The molecule has 0 aliphatic carbocycles. The maximum atomic E-state index is 12.2. The Kier molecular flexibility index (Phi) is 4.81. The maximum Gasteiger partial charge on any atom is 0.257 e.